The number of nitrogens with zero attached hydrogens (tertiary/aromatic N) is 5. The Labute approximate surface area is 93.5 Å². The van der Waals surface area contributed by atoms with Crippen LogP contribution in [-0.2, 0) is 7.05 Å². The van der Waals surface area contributed by atoms with Crippen molar-refractivity contribution in [3.05, 3.63) is 29.6 Å². The summed E-state index contributed by atoms with van der Waals surface area (Å²) >= 11 is 0. The highest BCUT2D eigenvalue weighted by molar-refractivity contribution is 6.03. The van der Waals surface area contributed by atoms with Gasteiger partial charge in [-0.05, 0) is 22.6 Å². The average Bonchev–Trinajstić information content (AvgIpc) is 2.64. The van der Waals surface area contributed by atoms with Crippen LogP contribution in [0.5, 0.6) is 0 Å². The van der Waals surface area contributed by atoms with Crippen molar-refractivity contribution in [3.8, 4) is 0 Å². The SMILES string of the molecule is Cn1nnnc1NC(=O)c1ccc(F)nc1F. The lowest BCUT2D eigenvalue weighted by atomic mass is 10.2. The van der Waals surface area contributed by atoms with Crippen LogP contribution in [0.25, 0.3) is 0 Å². The second-order valence-electron chi connectivity index (χ2n) is 3.05. The fourth-order valence-electron chi connectivity index (χ4n) is 1.09. The number of carbonyl (C=O) groups excluding carboxylic acids is 1. The van der Waals surface area contributed by atoms with Crippen LogP contribution < -0.4 is 5.32 Å². The van der Waals surface area contributed by atoms with Gasteiger partial charge in [-0.1, -0.05) is 5.10 Å². The number of aromatic nitrogens is 5. The van der Waals surface area contributed by atoms with E-state index >= 15 is 0 Å². The first kappa shape index (κ1) is 11.0. The molecule has 2 rings (SSSR count). The Hall–Kier alpha value is -2.45. The third-order valence-corrected chi connectivity index (χ3v) is 1.90. The van der Waals surface area contributed by atoms with E-state index in [2.05, 4.69) is 25.8 Å². The molecular formula is C8H6F2N6O. The number of aryl methyl sites for hydroxylation is 1. The molecular weight excluding hydrogens is 234 g/mol. The summed E-state index contributed by atoms with van der Waals surface area (Å²) in [4.78, 5) is 14.5. The normalized spacial score (nSPS) is 10.3. The van der Waals surface area contributed by atoms with Gasteiger partial charge in [-0.15, -0.1) is 0 Å². The van der Waals surface area contributed by atoms with Gasteiger partial charge in [0.05, 0.1) is 5.56 Å². The van der Waals surface area contributed by atoms with Crippen molar-refractivity contribution in [1.29, 1.82) is 0 Å². The molecule has 88 valence electrons. The number of hydrogen-bond acceptors (Lipinski definition) is 5. The number of amides is 1. The molecule has 1 N–H and O–H groups in total. The second kappa shape index (κ2) is 4.20. The van der Waals surface area contributed by atoms with Gasteiger partial charge in [0.2, 0.25) is 17.8 Å². The van der Waals surface area contributed by atoms with Crippen molar-refractivity contribution >= 4 is 11.9 Å². The highest BCUT2D eigenvalue weighted by Crippen LogP contribution is 2.08. The maximum Gasteiger partial charge on any atom is 0.262 e. The minimum absolute atomic E-state index is 0.0405. The first-order valence-corrected chi connectivity index (χ1v) is 4.43. The molecule has 2 aromatic heterocycles. The number of halogens is 2. The zero-order chi connectivity index (χ0) is 12.4. The van der Waals surface area contributed by atoms with Gasteiger partial charge in [-0.3, -0.25) is 10.1 Å². The molecule has 0 saturated carbocycles. The Kier molecular flexibility index (Phi) is 2.73. The predicted octanol–water partition coefficient (Wildman–Crippen LogP) is 0.136. The van der Waals surface area contributed by atoms with E-state index in [0.29, 0.717) is 0 Å². The summed E-state index contributed by atoms with van der Waals surface area (Å²) < 4.78 is 26.9. The fraction of sp³-hybridized carbons (Fsp3) is 0.125. The minimum atomic E-state index is -1.20. The topological polar surface area (TPSA) is 85.6 Å². The Morgan fingerprint density at radius 2 is 2.18 bits per heavy atom. The summed E-state index contributed by atoms with van der Waals surface area (Å²) in [6.07, 6.45) is 0. The highest BCUT2D eigenvalue weighted by Gasteiger charge is 2.16. The lowest BCUT2D eigenvalue weighted by molar-refractivity contribution is 0.102. The van der Waals surface area contributed by atoms with E-state index in [-0.39, 0.29) is 5.95 Å². The molecule has 0 unspecified atom stereocenters. The number of tetrazole rings is 1. The van der Waals surface area contributed by atoms with E-state index in [9.17, 15) is 13.6 Å². The molecule has 0 atom stereocenters. The van der Waals surface area contributed by atoms with Crippen LogP contribution >= 0.6 is 0 Å². The van der Waals surface area contributed by atoms with Crippen molar-refractivity contribution in [2.45, 2.75) is 0 Å². The molecule has 2 heterocycles. The smallest absolute Gasteiger partial charge is 0.262 e. The summed E-state index contributed by atoms with van der Waals surface area (Å²) in [5.41, 5.74) is -0.394. The lowest BCUT2D eigenvalue weighted by Gasteiger charge is -2.03. The molecule has 0 aliphatic heterocycles. The molecule has 9 heteroatoms. The van der Waals surface area contributed by atoms with E-state index in [4.69, 9.17) is 0 Å². The van der Waals surface area contributed by atoms with Crippen LogP contribution in [0.2, 0.25) is 0 Å². The van der Waals surface area contributed by atoms with E-state index < -0.39 is 23.4 Å². The molecule has 0 aliphatic carbocycles. The van der Waals surface area contributed by atoms with Gasteiger partial charge in [0.1, 0.15) is 0 Å². The zero-order valence-corrected chi connectivity index (χ0v) is 8.55. The van der Waals surface area contributed by atoms with Gasteiger partial charge in [-0.25, -0.2) is 4.68 Å². The molecule has 0 bridgehead atoms. The molecule has 17 heavy (non-hydrogen) atoms. The van der Waals surface area contributed by atoms with E-state index in [0.717, 1.165) is 12.1 Å². The summed E-state index contributed by atoms with van der Waals surface area (Å²) in [5.74, 6) is -2.97. The van der Waals surface area contributed by atoms with Crippen molar-refractivity contribution in [3.63, 3.8) is 0 Å². The molecule has 0 saturated heterocycles. The molecule has 1 amide bonds. The van der Waals surface area contributed by atoms with Gasteiger partial charge < -0.3 is 0 Å². The van der Waals surface area contributed by atoms with Crippen molar-refractivity contribution in [2.24, 2.45) is 7.05 Å². The average molecular weight is 240 g/mol. The first-order chi connectivity index (χ1) is 8.08. The van der Waals surface area contributed by atoms with Gasteiger partial charge in [0, 0.05) is 7.05 Å². The second-order valence-corrected chi connectivity index (χ2v) is 3.05. The van der Waals surface area contributed by atoms with Crippen LogP contribution in [-0.4, -0.2) is 31.1 Å². The van der Waals surface area contributed by atoms with E-state index in [1.807, 2.05) is 0 Å². The number of anilines is 1. The lowest BCUT2D eigenvalue weighted by Crippen LogP contribution is -2.17. The van der Waals surface area contributed by atoms with Crippen LogP contribution in [0, 0.1) is 11.9 Å². The molecule has 2 aromatic rings. The van der Waals surface area contributed by atoms with Crippen molar-refractivity contribution in [1.82, 2.24) is 25.2 Å². The fourth-order valence-corrected chi connectivity index (χ4v) is 1.09. The van der Waals surface area contributed by atoms with Crippen LogP contribution in [0.3, 0.4) is 0 Å². The van der Waals surface area contributed by atoms with Gasteiger partial charge in [0.15, 0.2) is 0 Å². The predicted molar refractivity (Wildman–Crippen MR) is 50.9 cm³/mol. The Bertz CT molecular complexity index is 569. The Morgan fingerprint density at radius 1 is 1.41 bits per heavy atom. The number of hydrogen-bond donors (Lipinski definition) is 1. The summed E-state index contributed by atoms with van der Waals surface area (Å²) in [5, 5.41) is 12.5. The van der Waals surface area contributed by atoms with Crippen molar-refractivity contribution in [2.75, 3.05) is 5.32 Å². The van der Waals surface area contributed by atoms with Crippen LogP contribution in [0.4, 0.5) is 14.7 Å². The van der Waals surface area contributed by atoms with Crippen LogP contribution in [0.15, 0.2) is 12.1 Å². The third kappa shape index (κ3) is 2.22. The first-order valence-electron chi connectivity index (χ1n) is 4.43. The highest BCUT2D eigenvalue weighted by atomic mass is 19.1. The summed E-state index contributed by atoms with van der Waals surface area (Å²) in [6.45, 7) is 0. The van der Waals surface area contributed by atoms with Gasteiger partial charge >= 0.3 is 0 Å². The Morgan fingerprint density at radius 3 is 2.76 bits per heavy atom. The molecule has 0 aromatic carbocycles. The maximum absolute atomic E-state index is 13.2. The van der Waals surface area contributed by atoms with E-state index in [1.165, 1.54) is 11.7 Å². The standard InChI is InChI=1S/C8H6F2N6O/c1-16-8(13-14-15-16)12-7(17)4-2-3-5(9)11-6(4)10/h2-3H,1H3,(H,12,13,15,17). The summed E-state index contributed by atoms with van der Waals surface area (Å²) in [6, 6.07) is 1.86. The number of carbonyl (C=O) groups is 1. The molecule has 0 spiro atoms. The minimum Gasteiger partial charge on any atom is -0.289 e. The quantitative estimate of drug-likeness (QED) is 0.754. The number of pyridine rings is 1. The number of nitrogens with one attached hydrogen (secondary N) is 1. The molecule has 0 fully saturated rings. The third-order valence-electron chi connectivity index (χ3n) is 1.90. The summed E-state index contributed by atoms with van der Waals surface area (Å²) in [7, 11) is 1.49. The Balaban J connectivity index is 2.23. The van der Waals surface area contributed by atoms with Gasteiger partial charge in [0.25, 0.3) is 5.91 Å². The van der Waals surface area contributed by atoms with Crippen LogP contribution in [0.1, 0.15) is 10.4 Å². The van der Waals surface area contributed by atoms with Crippen molar-refractivity contribution < 1.29 is 13.6 Å². The zero-order valence-electron chi connectivity index (χ0n) is 8.55. The van der Waals surface area contributed by atoms with E-state index in [1.54, 1.807) is 0 Å². The monoisotopic (exact) mass is 240 g/mol. The van der Waals surface area contributed by atoms with Gasteiger partial charge in [-0.2, -0.15) is 13.8 Å². The molecule has 0 aliphatic rings. The maximum atomic E-state index is 13.2. The number of rotatable bonds is 2. The molecule has 0 radical (unpaired) electrons. The molecule has 7 nitrogen and oxygen atoms in total. The largest absolute Gasteiger partial charge is 0.289 e.